The first kappa shape index (κ1) is 13.2. The van der Waals surface area contributed by atoms with Crippen LogP contribution in [0.25, 0.3) is 11.1 Å². The Morgan fingerprint density at radius 1 is 1.11 bits per heavy atom. The van der Waals surface area contributed by atoms with E-state index in [0.29, 0.717) is 6.42 Å². The van der Waals surface area contributed by atoms with Gasteiger partial charge in [0.15, 0.2) is 0 Å². The van der Waals surface area contributed by atoms with E-state index in [4.69, 9.17) is 10.00 Å². The summed E-state index contributed by atoms with van der Waals surface area (Å²) in [5, 5.41) is 8.80. The summed E-state index contributed by atoms with van der Waals surface area (Å²) in [5.41, 5.74) is 5.76. The maximum absolute atomic E-state index is 8.80. The first-order chi connectivity index (χ1) is 9.15. The van der Waals surface area contributed by atoms with Crippen LogP contribution in [0.4, 0.5) is 0 Å². The molecule has 0 aromatic heterocycles. The Labute approximate surface area is 114 Å². The maximum atomic E-state index is 8.80. The molecule has 0 aliphatic carbocycles. The smallest absolute Gasteiger partial charge is 0.123 e. The largest absolute Gasteiger partial charge is 0.496 e. The second-order valence-corrected chi connectivity index (χ2v) is 4.68. The number of hydrogen-bond acceptors (Lipinski definition) is 2. The average molecular weight is 251 g/mol. The lowest BCUT2D eigenvalue weighted by molar-refractivity contribution is 0.411. The molecular weight excluding hydrogens is 234 g/mol. The van der Waals surface area contributed by atoms with E-state index < -0.39 is 0 Å². The summed E-state index contributed by atoms with van der Waals surface area (Å²) in [6, 6.07) is 14.6. The molecule has 19 heavy (non-hydrogen) atoms. The molecule has 0 aliphatic rings. The van der Waals surface area contributed by atoms with Crippen molar-refractivity contribution in [2.75, 3.05) is 7.11 Å². The summed E-state index contributed by atoms with van der Waals surface area (Å²) in [6.07, 6.45) is 0.371. The fourth-order valence-electron chi connectivity index (χ4n) is 2.28. The third-order valence-corrected chi connectivity index (χ3v) is 3.25. The van der Waals surface area contributed by atoms with Crippen molar-refractivity contribution in [1.82, 2.24) is 0 Å². The van der Waals surface area contributed by atoms with Gasteiger partial charge in [0.1, 0.15) is 5.75 Å². The lowest BCUT2D eigenvalue weighted by Crippen LogP contribution is -1.93. The molecule has 0 atom stereocenters. The quantitative estimate of drug-likeness (QED) is 0.824. The second kappa shape index (κ2) is 5.58. The molecule has 2 aromatic rings. The van der Waals surface area contributed by atoms with Crippen molar-refractivity contribution in [3.05, 3.63) is 53.1 Å². The van der Waals surface area contributed by atoms with E-state index in [1.807, 2.05) is 18.2 Å². The predicted octanol–water partition coefficient (Wildman–Crippen LogP) is 4.05. The van der Waals surface area contributed by atoms with Crippen molar-refractivity contribution < 1.29 is 4.74 Å². The van der Waals surface area contributed by atoms with Gasteiger partial charge in [-0.05, 0) is 36.6 Å². The van der Waals surface area contributed by atoms with Gasteiger partial charge in [-0.25, -0.2) is 0 Å². The zero-order valence-corrected chi connectivity index (χ0v) is 11.5. The van der Waals surface area contributed by atoms with Crippen LogP contribution in [-0.4, -0.2) is 7.11 Å². The van der Waals surface area contributed by atoms with Gasteiger partial charge in [-0.1, -0.05) is 35.9 Å². The van der Waals surface area contributed by atoms with Gasteiger partial charge in [0.25, 0.3) is 0 Å². The molecular formula is C17H17NO. The molecule has 2 nitrogen and oxygen atoms in total. The molecule has 0 spiro atoms. The Balaban J connectivity index is 2.49. The van der Waals surface area contributed by atoms with Crippen LogP contribution >= 0.6 is 0 Å². The molecule has 0 saturated carbocycles. The van der Waals surface area contributed by atoms with Crippen LogP contribution in [0, 0.1) is 25.2 Å². The van der Waals surface area contributed by atoms with Crippen molar-refractivity contribution in [3.8, 4) is 22.9 Å². The molecule has 0 heterocycles. The summed E-state index contributed by atoms with van der Waals surface area (Å²) < 4.78 is 5.37. The van der Waals surface area contributed by atoms with Crippen LogP contribution in [-0.2, 0) is 6.42 Å². The molecule has 2 rings (SSSR count). The molecule has 0 bridgehead atoms. The maximum Gasteiger partial charge on any atom is 0.123 e. The highest BCUT2D eigenvalue weighted by atomic mass is 16.5. The van der Waals surface area contributed by atoms with Crippen molar-refractivity contribution >= 4 is 0 Å². The zero-order chi connectivity index (χ0) is 13.8. The summed E-state index contributed by atoms with van der Waals surface area (Å²) >= 11 is 0. The van der Waals surface area contributed by atoms with E-state index in [-0.39, 0.29) is 0 Å². The highest BCUT2D eigenvalue weighted by Crippen LogP contribution is 2.30. The minimum atomic E-state index is 0.371. The number of hydrogen-bond donors (Lipinski definition) is 0. The third-order valence-electron chi connectivity index (χ3n) is 3.25. The van der Waals surface area contributed by atoms with E-state index in [9.17, 15) is 0 Å². The van der Waals surface area contributed by atoms with Gasteiger partial charge in [0.2, 0.25) is 0 Å². The number of nitrogens with zero attached hydrogens (tertiary/aromatic N) is 1. The van der Waals surface area contributed by atoms with Crippen molar-refractivity contribution in [1.29, 1.82) is 5.26 Å². The fourth-order valence-corrected chi connectivity index (χ4v) is 2.28. The highest BCUT2D eigenvalue weighted by molar-refractivity contribution is 5.69. The Bertz CT molecular complexity index is 638. The number of ether oxygens (including phenoxy) is 1. The van der Waals surface area contributed by atoms with Gasteiger partial charge in [0.05, 0.1) is 19.6 Å². The molecule has 2 heteroatoms. The lowest BCUT2D eigenvalue weighted by Gasteiger charge is -2.11. The third kappa shape index (κ3) is 2.77. The summed E-state index contributed by atoms with van der Waals surface area (Å²) in [5.74, 6) is 0.777. The Kier molecular flexibility index (Phi) is 3.87. The normalized spacial score (nSPS) is 10.0. The van der Waals surface area contributed by atoms with Crippen LogP contribution in [0.15, 0.2) is 36.4 Å². The predicted molar refractivity (Wildman–Crippen MR) is 77.2 cm³/mol. The number of rotatable bonds is 3. The van der Waals surface area contributed by atoms with Gasteiger partial charge in [-0.2, -0.15) is 5.26 Å². The zero-order valence-electron chi connectivity index (χ0n) is 11.5. The first-order valence-electron chi connectivity index (χ1n) is 6.27. The number of methoxy groups -OCH3 is 1. The van der Waals surface area contributed by atoms with Crippen LogP contribution in [0.1, 0.15) is 16.7 Å². The molecule has 0 saturated heterocycles. The van der Waals surface area contributed by atoms with Crippen LogP contribution in [0.5, 0.6) is 5.75 Å². The van der Waals surface area contributed by atoms with Crippen molar-refractivity contribution in [2.24, 2.45) is 0 Å². The summed E-state index contributed by atoms with van der Waals surface area (Å²) in [4.78, 5) is 0. The number of nitriles is 1. The van der Waals surface area contributed by atoms with Gasteiger partial charge >= 0.3 is 0 Å². The first-order valence-corrected chi connectivity index (χ1v) is 6.27. The Hall–Kier alpha value is -2.27. The molecule has 2 aromatic carbocycles. The minimum Gasteiger partial charge on any atom is -0.496 e. The molecule has 0 amide bonds. The number of aryl methyl sites for hydroxylation is 2. The fraction of sp³-hybridized carbons (Fsp3) is 0.235. The topological polar surface area (TPSA) is 33.0 Å². The molecule has 0 aliphatic heterocycles. The standard InChI is InChI=1S/C17H17NO/c1-12-4-7-16(13(2)10-12)15-6-5-14(8-9-18)17(11-15)19-3/h4-7,10-11H,8H2,1-3H3. The molecule has 96 valence electrons. The Morgan fingerprint density at radius 3 is 2.53 bits per heavy atom. The lowest BCUT2D eigenvalue weighted by atomic mass is 9.97. The Morgan fingerprint density at radius 2 is 1.89 bits per heavy atom. The van der Waals surface area contributed by atoms with Crippen LogP contribution < -0.4 is 4.74 Å². The van der Waals surface area contributed by atoms with Gasteiger partial charge in [-0.3, -0.25) is 0 Å². The number of benzene rings is 2. The van der Waals surface area contributed by atoms with Crippen LogP contribution in [0.3, 0.4) is 0 Å². The van der Waals surface area contributed by atoms with E-state index in [1.165, 1.54) is 16.7 Å². The van der Waals surface area contributed by atoms with E-state index in [1.54, 1.807) is 7.11 Å². The van der Waals surface area contributed by atoms with Crippen LogP contribution in [0.2, 0.25) is 0 Å². The highest BCUT2D eigenvalue weighted by Gasteiger charge is 2.07. The molecule has 0 unspecified atom stereocenters. The van der Waals surface area contributed by atoms with Crippen molar-refractivity contribution in [2.45, 2.75) is 20.3 Å². The SMILES string of the molecule is COc1cc(-c2ccc(C)cc2C)ccc1CC#N. The summed E-state index contributed by atoms with van der Waals surface area (Å²) in [6.45, 7) is 4.20. The molecule has 0 N–H and O–H groups in total. The van der Waals surface area contributed by atoms with Gasteiger partial charge < -0.3 is 4.74 Å². The minimum absolute atomic E-state index is 0.371. The summed E-state index contributed by atoms with van der Waals surface area (Å²) in [7, 11) is 1.64. The molecule has 0 fully saturated rings. The van der Waals surface area contributed by atoms with E-state index in [0.717, 1.165) is 16.9 Å². The van der Waals surface area contributed by atoms with E-state index >= 15 is 0 Å². The van der Waals surface area contributed by atoms with Gasteiger partial charge in [0, 0.05) is 5.56 Å². The molecule has 0 radical (unpaired) electrons. The van der Waals surface area contributed by atoms with Crippen molar-refractivity contribution in [3.63, 3.8) is 0 Å². The monoisotopic (exact) mass is 251 g/mol. The average Bonchev–Trinajstić information content (AvgIpc) is 2.40. The van der Waals surface area contributed by atoms with E-state index in [2.05, 4.69) is 38.1 Å². The second-order valence-electron chi connectivity index (χ2n) is 4.68. The van der Waals surface area contributed by atoms with Gasteiger partial charge in [-0.15, -0.1) is 0 Å².